The highest BCUT2D eigenvalue weighted by molar-refractivity contribution is 6.06. The molecule has 23 heavy (non-hydrogen) atoms. The Morgan fingerprint density at radius 2 is 2.04 bits per heavy atom. The van der Waals surface area contributed by atoms with Gasteiger partial charge in [-0.15, -0.1) is 0 Å². The Bertz CT molecular complexity index is 728. The predicted octanol–water partition coefficient (Wildman–Crippen LogP) is 1.80. The van der Waals surface area contributed by atoms with E-state index in [1.807, 2.05) is 30.3 Å². The molecule has 7 nitrogen and oxygen atoms in total. The molecule has 3 amide bonds. The van der Waals surface area contributed by atoms with Gasteiger partial charge < -0.3 is 14.6 Å². The molecule has 1 atom stereocenters. The summed E-state index contributed by atoms with van der Waals surface area (Å²) in [5.74, 6) is 0.0935. The number of nitrogens with one attached hydrogen (secondary N) is 1. The minimum absolute atomic E-state index is 0.0316. The van der Waals surface area contributed by atoms with Crippen molar-refractivity contribution in [2.75, 3.05) is 13.7 Å². The van der Waals surface area contributed by atoms with Gasteiger partial charge in [0.05, 0.1) is 13.2 Å². The van der Waals surface area contributed by atoms with Crippen molar-refractivity contribution in [3.05, 3.63) is 42.2 Å². The van der Waals surface area contributed by atoms with Gasteiger partial charge in [0.15, 0.2) is 5.76 Å². The largest absolute Gasteiger partial charge is 0.382 e. The lowest BCUT2D eigenvalue weighted by atomic mass is 10.0. The number of amides is 3. The summed E-state index contributed by atoms with van der Waals surface area (Å²) in [6.07, 6.45) is 0. The first-order chi connectivity index (χ1) is 11.0. The van der Waals surface area contributed by atoms with Gasteiger partial charge >= 0.3 is 6.03 Å². The normalized spacial score (nSPS) is 20.9. The molecule has 120 valence electrons. The SMILES string of the molecule is COC[C@]1(C)NC(=O)N(Cc2cc(-c3ccccc3)no2)C1=O. The number of rotatable bonds is 5. The number of imide groups is 1. The third-order valence-electron chi connectivity index (χ3n) is 3.72. The minimum atomic E-state index is -1.05. The van der Waals surface area contributed by atoms with Gasteiger partial charge in [0.25, 0.3) is 5.91 Å². The average molecular weight is 315 g/mol. The molecule has 3 rings (SSSR count). The average Bonchev–Trinajstić information content (AvgIpc) is 3.08. The van der Waals surface area contributed by atoms with E-state index in [-0.39, 0.29) is 19.1 Å². The molecule has 7 heteroatoms. The van der Waals surface area contributed by atoms with Crippen LogP contribution in [0, 0.1) is 0 Å². The molecule has 0 unspecified atom stereocenters. The molecule has 1 aliphatic heterocycles. The number of nitrogens with zero attached hydrogens (tertiary/aromatic N) is 2. The van der Waals surface area contributed by atoms with Crippen molar-refractivity contribution >= 4 is 11.9 Å². The van der Waals surface area contributed by atoms with Crippen LogP contribution in [0.1, 0.15) is 12.7 Å². The van der Waals surface area contributed by atoms with Gasteiger partial charge in [0.1, 0.15) is 11.2 Å². The number of hydrogen-bond donors (Lipinski definition) is 1. The topological polar surface area (TPSA) is 84.7 Å². The summed E-state index contributed by atoms with van der Waals surface area (Å²) in [7, 11) is 1.48. The number of aromatic nitrogens is 1. The van der Waals surface area contributed by atoms with Crippen LogP contribution in [0.15, 0.2) is 40.9 Å². The zero-order valence-corrected chi connectivity index (χ0v) is 12.9. The molecule has 0 radical (unpaired) electrons. The molecule has 0 spiro atoms. The van der Waals surface area contributed by atoms with Crippen LogP contribution in [0.4, 0.5) is 4.79 Å². The van der Waals surface area contributed by atoms with E-state index in [0.29, 0.717) is 11.5 Å². The predicted molar refractivity (Wildman–Crippen MR) is 81.3 cm³/mol. The maximum atomic E-state index is 12.4. The second-order valence-electron chi connectivity index (χ2n) is 5.63. The summed E-state index contributed by atoms with van der Waals surface area (Å²) >= 11 is 0. The van der Waals surface area contributed by atoms with Gasteiger partial charge in [-0.3, -0.25) is 9.69 Å². The maximum Gasteiger partial charge on any atom is 0.325 e. The van der Waals surface area contributed by atoms with Gasteiger partial charge in [-0.2, -0.15) is 0 Å². The monoisotopic (exact) mass is 315 g/mol. The summed E-state index contributed by atoms with van der Waals surface area (Å²) in [5.41, 5.74) is 0.518. The first-order valence-corrected chi connectivity index (χ1v) is 7.17. The lowest BCUT2D eigenvalue weighted by molar-refractivity contribution is -0.133. The number of ether oxygens (including phenoxy) is 1. The summed E-state index contributed by atoms with van der Waals surface area (Å²) in [5, 5.41) is 6.62. The summed E-state index contributed by atoms with van der Waals surface area (Å²) in [6.45, 7) is 1.77. The van der Waals surface area contributed by atoms with Crippen molar-refractivity contribution in [3.8, 4) is 11.3 Å². The summed E-state index contributed by atoms with van der Waals surface area (Å²) in [6, 6.07) is 10.8. The van der Waals surface area contributed by atoms with E-state index in [4.69, 9.17) is 9.26 Å². The Morgan fingerprint density at radius 1 is 1.30 bits per heavy atom. The molecule has 1 aliphatic rings. The van der Waals surface area contributed by atoms with Gasteiger partial charge in [-0.1, -0.05) is 35.5 Å². The first kappa shape index (κ1) is 15.2. The van der Waals surface area contributed by atoms with Gasteiger partial charge in [0.2, 0.25) is 0 Å². The zero-order chi connectivity index (χ0) is 16.4. The van der Waals surface area contributed by atoms with Crippen molar-refractivity contribution < 1.29 is 18.8 Å². The van der Waals surface area contributed by atoms with E-state index < -0.39 is 11.6 Å². The molecule has 1 fully saturated rings. The number of carbonyl (C=O) groups is 2. The van der Waals surface area contributed by atoms with E-state index in [2.05, 4.69) is 10.5 Å². The smallest absolute Gasteiger partial charge is 0.325 e. The Hall–Kier alpha value is -2.67. The van der Waals surface area contributed by atoms with Crippen LogP contribution in [0.25, 0.3) is 11.3 Å². The highest BCUT2D eigenvalue weighted by atomic mass is 16.5. The maximum absolute atomic E-state index is 12.4. The second-order valence-corrected chi connectivity index (χ2v) is 5.63. The fourth-order valence-electron chi connectivity index (χ4n) is 2.57. The lowest BCUT2D eigenvalue weighted by Crippen LogP contribution is -2.47. The van der Waals surface area contributed by atoms with E-state index in [9.17, 15) is 9.59 Å². The van der Waals surface area contributed by atoms with Crippen LogP contribution >= 0.6 is 0 Å². The van der Waals surface area contributed by atoms with Crippen molar-refractivity contribution in [1.29, 1.82) is 0 Å². The molecule has 1 N–H and O–H groups in total. The minimum Gasteiger partial charge on any atom is -0.382 e. The third kappa shape index (κ3) is 2.83. The van der Waals surface area contributed by atoms with Gasteiger partial charge in [-0.25, -0.2) is 4.79 Å². The Morgan fingerprint density at radius 3 is 2.74 bits per heavy atom. The van der Waals surface area contributed by atoms with Gasteiger partial charge in [-0.05, 0) is 6.92 Å². The van der Waals surface area contributed by atoms with Crippen LogP contribution in [-0.2, 0) is 16.1 Å². The number of carbonyl (C=O) groups excluding carboxylic acids is 2. The number of hydrogen-bond acceptors (Lipinski definition) is 5. The van der Waals surface area contributed by atoms with Crippen molar-refractivity contribution in [2.45, 2.75) is 19.0 Å². The zero-order valence-electron chi connectivity index (χ0n) is 12.9. The van der Waals surface area contributed by atoms with Crippen LogP contribution in [-0.4, -0.2) is 41.3 Å². The summed E-state index contributed by atoms with van der Waals surface area (Å²) in [4.78, 5) is 25.5. The Kier molecular flexibility index (Phi) is 3.87. The molecular formula is C16H17N3O4. The first-order valence-electron chi connectivity index (χ1n) is 7.17. The highest BCUT2D eigenvalue weighted by Crippen LogP contribution is 2.23. The Labute approximate surface area is 133 Å². The number of urea groups is 1. The second kappa shape index (κ2) is 5.85. The highest BCUT2D eigenvalue weighted by Gasteiger charge is 2.48. The van der Waals surface area contributed by atoms with Gasteiger partial charge in [0, 0.05) is 18.7 Å². The van der Waals surface area contributed by atoms with E-state index in [1.54, 1.807) is 13.0 Å². The van der Waals surface area contributed by atoms with E-state index >= 15 is 0 Å². The summed E-state index contributed by atoms with van der Waals surface area (Å²) < 4.78 is 10.3. The number of benzene rings is 1. The molecular weight excluding hydrogens is 298 g/mol. The van der Waals surface area contributed by atoms with E-state index in [1.165, 1.54) is 7.11 Å². The fraction of sp³-hybridized carbons (Fsp3) is 0.312. The van der Waals surface area contributed by atoms with Crippen molar-refractivity contribution in [2.24, 2.45) is 0 Å². The third-order valence-corrected chi connectivity index (χ3v) is 3.72. The van der Waals surface area contributed by atoms with Crippen LogP contribution in [0.3, 0.4) is 0 Å². The van der Waals surface area contributed by atoms with Crippen LogP contribution < -0.4 is 5.32 Å². The van der Waals surface area contributed by atoms with Crippen LogP contribution in [0.2, 0.25) is 0 Å². The molecule has 1 aromatic carbocycles. The molecule has 1 saturated heterocycles. The fourth-order valence-corrected chi connectivity index (χ4v) is 2.57. The quantitative estimate of drug-likeness (QED) is 0.850. The molecule has 2 aromatic rings. The molecule has 0 aliphatic carbocycles. The molecule has 0 saturated carbocycles. The van der Waals surface area contributed by atoms with Crippen molar-refractivity contribution in [3.63, 3.8) is 0 Å². The molecule has 0 bridgehead atoms. The molecule has 1 aromatic heterocycles. The Balaban J connectivity index is 1.77. The standard InChI is InChI=1S/C16H17N3O4/c1-16(10-22-2)14(20)19(15(21)17-16)9-12-8-13(18-23-12)11-6-4-3-5-7-11/h3-8H,9-10H2,1-2H3,(H,17,21)/t16-/m0/s1. The lowest BCUT2D eigenvalue weighted by Gasteiger charge is -2.19. The van der Waals surface area contributed by atoms with Crippen LogP contribution in [0.5, 0.6) is 0 Å². The molecule has 2 heterocycles. The van der Waals surface area contributed by atoms with Crippen molar-refractivity contribution in [1.82, 2.24) is 15.4 Å². The number of methoxy groups -OCH3 is 1. The van der Waals surface area contributed by atoms with E-state index in [0.717, 1.165) is 10.5 Å².